The van der Waals surface area contributed by atoms with E-state index < -0.39 is 0 Å². The molecule has 0 unspecified atom stereocenters. The van der Waals surface area contributed by atoms with Crippen molar-refractivity contribution in [2.45, 2.75) is 0 Å². The summed E-state index contributed by atoms with van der Waals surface area (Å²) in [5.74, 6) is -0.439. The molecule has 7 heteroatoms. The molecule has 0 spiro atoms. The smallest absolute Gasteiger partial charge is 0.291 e. The van der Waals surface area contributed by atoms with Crippen molar-refractivity contribution >= 4 is 52.5 Å². The highest BCUT2D eigenvalue weighted by Crippen LogP contribution is 2.22. The standard InChI is InChI=1S/C20H14Cl2N2O3/c21-14-5-3-13(17(22)12-14)4-10-19(25)23-15-6-8-16(9-7-15)24-20(26)18-2-1-11-27-18/h1-12H,(H,23,25)(H,24,26). The van der Waals surface area contributed by atoms with E-state index in [1.54, 1.807) is 60.7 Å². The van der Waals surface area contributed by atoms with Crippen LogP contribution in [0.3, 0.4) is 0 Å². The van der Waals surface area contributed by atoms with Gasteiger partial charge in [0.05, 0.1) is 6.26 Å². The highest BCUT2D eigenvalue weighted by Gasteiger charge is 2.08. The van der Waals surface area contributed by atoms with Gasteiger partial charge in [0.1, 0.15) is 0 Å². The van der Waals surface area contributed by atoms with Gasteiger partial charge in [-0.25, -0.2) is 0 Å². The van der Waals surface area contributed by atoms with Gasteiger partial charge in [-0.15, -0.1) is 0 Å². The number of benzene rings is 2. The minimum atomic E-state index is -0.348. The van der Waals surface area contributed by atoms with Crippen molar-refractivity contribution in [3.8, 4) is 0 Å². The Morgan fingerprint density at radius 3 is 2.26 bits per heavy atom. The molecule has 1 aromatic heterocycles. The second-order valence-electron chi connectivity index (χ2n) is 5.50. The van der Waals surface area contributed by atoms with Crippen LogP contribution in [-0.4, -0.2) is 11.8 Å². The van der Waals surface area contributed by atoms with Crippen molar-refractivity contribution in [3.05, 3.63) is 88.3 Å². The monoisotopic (exact) mass is 400 g/mol. The molecule has 3 rings (SSSR count). The highest BCUT2D eigenvalue weighted by molar-refractivity contribution is 6.35. The average Bonchev–Trinajstić information content (AvgIpc) is 3.17. The molecule has 1 heterocycles. The van der Waals surface area contributed by atoms with Gasteiger partial charge in [0, 0.05) is 27.5 Å². The first-order chi connectivity index (χ1) is 13.0. The molecule has 0 atom stereocenters. The fourth-order valence-electron chi connectivity index (χ4n) is 2.22. The first kappa shape index (κ1) is 18.8. The van der Waals surface area contributed by atoms with Crippen LogP contribution in [-0.2, 0) is 4.79 Å². The molecule has 2 N–H and O–H groups in total. The molecule has 0 fully saturated rings. The van der Waals surface area contributed by atoms with Crippen LogP contribution in [0.4, 0.5) is 11.4 Å². The third-order valence-corrected chi connectivity index (χ3v) is 4.09. The maximum absolute atomic E-state index is 12.0. The summed E-state index contributed by atoms with van der Waals surface area (Å²) in [6.07, 6.45) is 4.41. The van der Waals surface area contributed by atoms with Crippen LogP contribution in [0.5, 0.6) is 0 Å². The lowest BCUT2D eigenvalue weighted by Crippen LogP contribution is -2.11. The maximum atomic E-state index is 12.0. The topological polar surface area (TPSA) is 71.3 Å². The molecule has 0 saturated carbocycles. The van der Waals surface area contributed by atoms with Crippen LogP contribution in [0.2, 0.25) is 10.0 Å². The molecule has 0 aliphatic heterocycles. The summed E-state index contributed by atoms with van der Waals surface area (Å²) in [4.78, 5) is 23.9. The van der Waals surface area contributed by atoms with Gasteiger partial charge in [-0.3, -0.25) is 9.59 Å². The molecule has 5 nitrogen and oxygen atoms in total. The van der Waals surface area contributed by atoms with E-state index >= 15 is 0 Å². The summed E-state index contributed by atoms with van der Waals surface area (Å²) in [6, 6.07) is 15.0. The highest BCUT2D eigenvalue weighted by atomic mass is 35.5. The second kappa shape index (κ2) is 8.58. The Kier molecular flexibility index (Phi) is 5.96. The second-order valence-corrected chi connectivity index (χ2v) is 6.34. The SMILES string of the molecule is O=C(C=Cc1ccc(Cl)cc1Cl)Nc1ccc(NC(=O)c2ccco2)cc1. The van der Waals surface area contributed by atoms with Crippen molar-refractivity contribution in [3.63, 3.8) is 0 Å². The summed E-state index contributed by atoms with van der Waals surface area (Å²) in [7, 11) is 0. The molecule has 2 aromatic carbocycles. The van der Waals surface area contributed by atoms with Gasteiger partial charge >= 0.3 is 0 Å². The predicted molar refractivity (Wildman–Crippen MR) is 107 cm³/mol. The number of nitrogens with one attached hydrogen (secondary N) is 2. The Morgan fingerprint density at radius 1 is 0.926 bits per heavy atom. The number of rotatable bonds is 5. The lowest BCUT2D eigenvalue weighted by molar-refractivity contribution is -0.111. The molecule has 27 heavy (non-hydrogen) atoms. The third-order valence-electron chi connectivity index (χ3n) is 3.53. The molecule has 136 valence electrons. The zero-order chi connectivity index (χ0) is 19.2. The molecule has 2 amide bonds. The number of carbonyl (C=O) groups is 2. The maximum Gasteiger partial charge on any atom is 0.291 e. The summed E-state index contributed by atoms with van der Waals surface area (Å²) in [5, 5.41) is 6.41. The molecule has 0 aliphatic rings. The van der Waals surface area contributed by atoms with Crippen molar-refractivity contribution < 1.29 is 14.0 Å². The number of furan rings is 1. The van der Waals surface area contributed by atoms with Crippen molar-refractivity contribution in [1.29, 1.82) is 0 Å². The number of carbonyl (C=O) groups excluding carboxylic acids is 2. The Bertz CT molecular complexity index is 981. The zero-order valence-electron chi connectivity index (χ0n) is 13.9. The first-order valence-corrected chi connectivity index (χ1v) is 8.66. The van der Waals surface area contributed by atoms with Gasteiger partial charge in [-0.2, -0.15) is 0 Å². The van der Waals surface area contributed by atoms with Crippen molar-refractivity contribution in [2.24, 2.45) is 0 Å². The van der Waals surface area contributed by atoms with E-state index in [9.17, 15) is 9.59 Å². The van der Waals surface area contributed by atoms with Crippen LogP contribution < -0.4 is 10.6 Å². The zero-order valence-corrected chi connectivity index (χ0v) is 15.4. The Morgan fingerprint density at radius 2 is 1.63 bits per heavy atom. The molecular formula is C20H14Cl2N2O3. The molecule has 0 saturated heterocycles. The van der Waals surface area contributed by atoms with E-state index in [2.05, 4.69) is 10.6 Å². The van der Waals surface area contributed by atoms with Crippen LogP contribution in [0.15, 0.2) is 71.4 Å². The quantitative estimate of drug-likeness (QED) is 0.556. The normalized spacial score (nSPS) is 10.7. The minimum Gasteiger partial charge on any atom is -0.459 e. The van der Waals surface area contributed by atoms with E-state index in [4.69, 9.17) is 27.6 Å². The first-order valence-electron chi connectivity index (χ1n) is 7.90. The lowest BCUT2D eigenvalue weighted by Gasteiger charge is -2.06. The molecule has 0 radical (unpaired) electrons. The Hall–Kier alpha value is -3.02. The molecule has 0 aliphatic carbocycles. The van der Waals surface area contributed by atoms with Gasteiger partial charge in [0.15, 0.2) is 5.76 Å². The predicted octanol–water partition coefficient (Wildman–Crippen LogP) is 5.49. The van der Waals surface area contributed by atoms with Gasteiger partial charge in [0.2, 0.25) is 5.91 Å². The summed E-state index contributed by atoms with van der Waals surface area (Å²) < 4.78 is 5.03. The number of anilines is 2. The van der Waals surface area contributed by atoms with E-state index in [0.29, 0.717) is 27.0 Å². The summed E-state index contributed by atoms with van der Waals surface area (Å²) >= 11 is 11.9. The van der Waals surface area contributed by atoms with Gasteiger partial charge in [-0.1, -0.05) is 29.3 Å². The number of halogens is 2. The number of hydrogen-bond donors (Lipinski definition) is 2. The van der Waals surface area contributed by atoms with Crippen LogP contribution in [0.1, 0.15) is 16.1 Å². The Labute approximate surface area is 165 Å². The van der Waals surface area contributed by atoms with E-state index in [1.165, 1.54) is 12.3 Å². The molecular weight excluding hydrogens is 387 g/mol. The largest absolute Gasteiger partial charge is 0.459 e. The van der Waals surface area contributed by atoms with Crippen LogP contribution in [0, 0.1) is 0 Å². The van der Waals surface area contributed by atoms with Crippen molar-refractivity contribution in [2.75, 3.05) is 10.6 Å². The Balaban J connectivity index is 1.58. The average molecular weight is 401 g/mol. The molecule has 3 aromatic rings. The third kappa shape index (κ3) is 5.23. The fraction of sp³-hybridized carbons (Fsp3) is 0. The van der Waals surface area contributed by atoms with Gasteiger partial charge < -0.3 is 15.1 Å². The number of amides is 2. The van der Waals surface area contributed by atoms with E-state index in [0.717, 1.165) is 0 Å². The van der Waals surface area contributed by atoms with Crippen LogP contribution >= 0.6 is 23.2 Å². The minimum absolute atomic E-state index is 0.221. The fourth-order valence-corrected chi connectivity index (χ4v) is 2.69. The molecule has 0 bridgehead atoms. The van der Waals surface area contributed by atoms with E-state index in [-0.39, 0.29) is 17.6 Å². The van der Waals surface area contributed by atoms with E-state index in [1.807, 2.05) is 0 Å². The van der Waals surface area contributed by atoms with Crippen LogP contribution in [0.25, 0.3) is 6.08 Å². The summed E-state index contributed by atoms with van der Waals surface area (Å²) in [5.41, 5.74) is 1.85. The van der Waals surface area contributed by atoms with Gasteiger partial charge in [0.25, 0.3) is 5.91 Å². The number of hydrogen-bond acceptors (Lipinski definition) is 3. The van der Waals surface area contributed by atoms with Crippen molar-refractivity contribution in [1.82, 2.24) is 0 Å². The summed E-state index contributed by atoms with van der Waals surface area (Å²) in [6.45, 7) is 0. The lowest BCUT2D eigenvalue weighted by atomic mass is 10.2. The van der Waals surface area contributed by atoms with Gasteiger partial charge in [-0.05, 0) is 60.2 Å².